The van der Waals surface area contributed by atoms with Crippen molar-refractivity contribution < 1.29 is 24.2 Å². The van der Waals surface area contributed by atoms with Crippen LogP contribution in [0.1, 0.15) is 58.0 Å². The van der Waals surface area contributed by atoms with Crippen LogP contribution in [0.2, 0.25) is 10.0 Å². The van der Waals surface area contributed by atoms with E-state index in [1.54, 1.807) is 48.5 Å². The fourth-order valence-corrected chi connectivity index (χ4v) is 5.28. The minimum absolute atomic E-state index is 0.0964. The number of halogens is 2. The summed E-state index contributed by atoms with van der Waals surface area (Å²) in [5, 5.41) is 19.8. The van der Waals surface area contributed by atoms with Gasteiger partial charge in [-0.15, -0.1) is 0 Å². The Kier molecular flexibility index (Phi) is 7.51. The van der Waals surface area contributed by atoms with Gasteiger partial charge in [-0.1, -0.05) is 35.3 Å². The molecule has 1 saturated carbocycles. The van der Waals surface area contributed by atoms with E-state index in [-0.39, 0.29) is 35.7 Å². The van der Waals surface area contributed by atoms with Crippen molar-refractivity contribution in [2.75, 3.05) is 6.61 Å². The maximum Gasteiger partial charge on any atom is 0.335 e. The number of Topliss-reactive ketones (excluding diaryl/α,β-unsaturated/α-hetero) is 1. The van der Waals surface area contributed by atoms with E-state index in [9.17, 15) is 20.0 Å². The zero-order valence-electron chi connectivity index (χ0n) is 20.7. The fourth-order valence-electron chi connectivity index (χ4n) is 4.68. The van der Waals surface area contributed by atoms with E-state index in [0.29, 0.717) is 56.6 Å². The third-order valence-corrected chi connectivity index (χ3v) is 7.56. The highest BCUT2D eigenvalue weighted by Crippen LogP contribution is 2.39. The second-order valence-corrected chi connectivity index (χ2v) is 10.4. The van der Waals surface area contributed by atoms with Gasteiger partial charge in [0.05, 0.1) is 38.5 Å². The highest BCUT2D eigenvalue weighted by atomic mass is 35.5. The minimum Gasteiger partial charge on any atom is -0.489 e. The van der Waals surface area contributed by atoms with Crippen LogP contribution in [0.15, 0.2) is 60.2 Å². The van der Waals surface area contributed by atoms with E-state index >= 15 is 0 Å². The Morgan fingerprint density at radius 2 is 1.82 bits per heavy atom. The summed E-state index contributed by atoms with van der Waals surface area (Å²) in [4.78, 5) is 24.4. The number of aryl methyl sites for hydroxylation is 1. The summed E-state index contributed by atoms with van der Waals surface area (Å²) >= 11 is 12.7. The average molecular weight is 563 g/mol. The third kappa shape index (κ3) is 5.58. The molecule has 39 heavy (non-hydrogen) atoms. The van der Waals surface area contributed by atoms with Crippen LogP contribution in [0.3, 0.4) is 0 Å². The first kappa shape index (κ1) is 26.6. The van der Waals surface area contributed by atoms with Crippen LogP contribution in [-0.4, -0.2) is 23.5 Å². The second kappa shape index (κ2) is 11.0. The van der Waals surface area contributed by atoms with E-state index < -0.39 is 5.97 Å². The highest BCUT2D eigenvalue weighted by Gasteiger charge is 2.34. The van der Waals surface area contributed by atoms with Crippen LogP contribution < -0.4 is 15.2 Å². The van der Waals surface area contributed by atoms with E-state index in [2.05, 4.69) is 6.07 Å². The molecular formula is C30H24Cl2N2O5. The van der Waals surface area contributed by atoms with Crippen molar-refractivity contribution in [3.05, 3.63) is 98.0 Å². The summed E-state index contributed by atoms with van der Waals surface area (Å²) in [6.07, 6.45) is 2.42. The van der Waals surface area contributed by atoms with Gasteiger partial charge in [0.2, 0.25) is 0 Å². The molecule has 5 rings (SSSR count). The lowest BCUT2D eigenvalue weighted by molar-refractivity contribution is -0.116. The number of carbonyl (C=O) groups is 2. The van der Waals surface area contributed by atoms with Gasteiger partial charge in [-0.05, 0) is 73.7 Å². The van der Waals surface area contributed by atoms with Crippen molar-refractivity contribution in [2.45, 2.75) is 31.8 Å². The normalized spacial score (nSPS) is 16.8. The van der Waals surface area contributed by atoms with E-state index in [0.717, 1.165) is 18.4 Å². The Hall–Kier alpha value is -3.99. The molecule has 0 spiro atoms. The molecule has 1 heterocycles. The SMILES string of the molecule is N#Cc1cc(OCC(C(=O)C2CC2)=C(N)c2c(Cl)cccc2Cl)ccc1C1CCc2cc(C(=O)O)ccc2O1. The maximum absolute atomic E-state index is 13.1. The van der Waals surface area contributed by atoms with Crippen LogP contribution in [0.4, 0.5) is 0 Å². The smallest absolute Gasteiger partial charge is 0.335 e. The number of carboxylic acid groups (broad SMARTS) is 1. The number of hydrogen-bond acceptors (Lipinski definition) is 6. The monoisotopic (exact) mass is 562 g/mol. The van der Waals surface area contributed by atoms with Gasteiger partial charge in [0.25, 0.3) is 0 Å². The van der Waals surface area contributed by atoms with Crippen LogP contribution in [0.5, 0.6) is 11.5 Å². The number of aromatic carboxylic acids is 1. The first-order valence-electron chi connectivity index (χ1n) is 12.4. The fraction of sp³-hybridized carbons (Fsp3) is 0.233. The number of nitrogens with two attached hydrogens (primary N) is 1. The second-order valence-electron chi connectivity index (χ2n) is 9.55. The molecule has 2 aliphatic rings. The van der Waals surface area contributed by atoms with Gasteiger partial charge in [0, 0.05) is 17.0 Å². The Morgan fingerprint density at radius 1 is 1.08 bits per heavy atom. The van der Waals surface area contributed by atoms with E-state index in [4.69, 9.17) is 38.4 Å². The van der Waals surface area contributed by atoms with Crippen molar-refractivity contribution in [2.24, 2.45) is 11.7 Å². The number of rotatable bonds is 8. The lowest BCUT2D eigenvalue weighted by atomic mass is 9.93. The van der Waals surface area contributed by atoms with Crippen molar-refractivity contribution in [1.82, 2.24) is 0 Å². The number of hydrogen-bond donors (Lipinski definition) is 2. The summed E-state index contributed by atoms with van der Waals surface area (Å²) in [7, 11) is 0. The topological polar surface area (TPSA) is 123 Å². The molecule has 198 valence electrons. The summed E-state index contributed by atoms with van der Waals surface area (Å²) in [5.74, 6) is -0.186. The predicted molar refractivity (Wildman–Crippen MR) is 147 cm³/mol. The number of nitriles is 1. The Bertz CT molecular complexity index is 1540. The molecule has 1 unspecified atom stereocenters. The zero-order valence-corrected chi connectivity index (χ0v) is 22.3. The predicted octanol–water partition coefficient (Wildman–Crippen LogP) is 6.36. The standard InChI is InChI=1S/C30H24Cl2N2O5/c31-23-2-1-3-24(32)27(23)28(34)22(29(35)16-4-5-16)15-38-20-8-9-21(19(13-20)14-33)26-11-6-17-12-18(30(36)37)7-10-25(17)39-26/h1-3,7-10,12-13,16,26H,4-6,11,15,34H2,(H,36,37). The van der Waals surface area contributed by atoms with Crippen molar-refractivity contribution in [1.29, 1.82) is 5.26 Å². The van der Waals surface area contributed by atoms with Crippen molar-refractivity contribution >= 4 is 40.7 Å². The van der Waals surface area contributed by atoms with Crippen LogP contribution in [-0.2, 0) is 11.2 Å². The molecule has 1 atom stereocenters. The van der Waals surface area contributed by atoms with Gasteiger partial charge in [-0.3, -0.25) is 4.79 Å². The van der Waals surface area contributed by atoms with Crippen LogP contribution in [0, 0.1) is 17.2 Å². The summed E-state index contributed by atoms with van der Waals surface area (Å²) in [5.41, 5.74) is 9.40. The number of carboxylic acids is 1. The lowest BCUT2D eigenvalue weighted by Gasteiger charge is -2.27. The summed E-state index contributed by atoms with van der Waals surface area (Å²) in [6, 6.07) is 17.1. The van der Waals surface area contributed by atoms with E-state index in [1.165, 1.54) is 6.07 Å². The Morgan fingerprint density at radius 3 is 2.49 bits per heavy atom. The van der Waals surface area contributed by atoms with Crippen LogP contribution in [0.25, 0.3) is 5.70 Å². The lowest BCUT2D eigenvalue weighted by Crippen LogP contribution is -2.19. The van der Waals surface area contributed by atoms with Crippen LogP contribution >= 0.6 is 23.2 Å². The van der Waals surface area contributed by atoms with Crippen molar-refractivity contribution in [3.8, 4) is 17.6 Å². The van der Waals surface area contributed by atoms with Gasteiger partial charge in [-0.25, -0.2) is 4.79 Å². The number of benzene rings is 3. The molecule has 0 aromatic heterocycles. The molecule has 1 aliphatic heterocycles. The number of ether oxygens (including phenoxy) is 2. The zero-order chi connectivity index (χ0) is 27.7. The van der Waals surface area contributed by atoms with Gasteiger partial charge < -0.3 is 20.3 Å². The van der Waals surface area contributed by atoms with Gasteiger partial charge in [0.15, 0.2) is 5.78 Å². The molecule has 7 nitrogen and oxygen atoms in total. The molecule has 1 aliphatic carbocycles. The Labute approximate surface area is 235 Å². The van der Waals surface area contributed by atoms with Gasteiger partial charge in [0.1, 0.15) is 24.2 Å². The minimum atomic E-state index is -0.990. The molecule has 0 saturated heterocycles. The highest BCUT2D eigenvalue weighted by molar-refractivity contribution is 6.37. The van der Waals surface area contributed by atoms with E-state index in [1.807, 2.05) is 0 Å². The Balaban J connectivity index is 1.37. The largest absolute Gasteiger partial charge is 0.489 e. The molecular weight excluding hydrogens is 539 g/mol. The maximum atomic E-state index is 13.1. The number of nitrogens with zero attached hydrogens (tertiary/aromatic N) is 1. The molecule has 0 bridgehead atoms. The van der Waals surface area contributed by atoms with Gasteiger partial charge in [-0.2, -0.15) is 5.26 Å². The first-order valence-corrected chi connectivity index (χ1v) is 13.2. The molecule has 1 fully saturated rings. The molecule has 9 heteroatoms. The first-order chi connectivity index (χ1) is 18.8. The number of ketones is 1. The van der Waals surface area contributed by atoms with Crippen molar-refractivity contribution in [3.63, 3.8) is 0 Å². The van der Waals surface area contributed by atoms with Gasteiger partial charge >= 0.3 is 5.97 Å². The molecule has 0 radical (unpaired) electrons. The third-order valence-electron chi connectivity index (χ3n) is 6.93. The quantitative estimate of drug-likeness (QED) is 0.306. The summed E-state index contributed by atoms with van der Waals surface area (Å²) in [6.45, 7) is -0.105. The average Bonchev–Trinajstić information content (AvgIpc) is 3.78. The number of carbonyl (C=O) groups excluding carboxylic acids is 1. The molecule has 0 amide bonds. The summed E-state index contributed by atoms with van der Waals surface area (Å²) < 4.78 is 12.1. The molecule has 3 N–H and O–H groups in total. The molecule has 3 aromatic rings. The molecule has 3 aromatic carbocycles. The number of fused-ring (bicyclic) bond motifs is 1.